The summed E-state index contributed by atoms with van der Waals surface area (Å²) in [6, 6.07) is 0. The van der Waals surface area contributed by atoms with Gasteiger partial charge in [0.05, 0.1) is 0 Å². The molecule has 72 valence electrons. The number of hydrogen-bond donors (Lipinski definition) is 3. The van der Waals surface area contributed by atoms with Crippen molar-refractivity contribution >= 4 is 20.1 Å². The Kier molecular flexibility index (Phi) is 31.9. The van der Waals surface area contributed by atoms with Gasteiger partial charge in [0.15, 0.2) is 0 Å². The molecule has 3 N–H and O–H groups in total. The molecule has 0 aliphatic rings. The fourth-order valence-corrected chi connectivity index (χ4v) is 0.648. The maximum atomic E-state index is 10.2. The summed E-state index contributed by atoms with van der Waals surface area (Å²) in [7, 11) is -5.00. The average Bonchev–Trinajstić information content (AvgIpc) is 1.53. The van der Waals surface area contributed by atoms with Gasteiger partial charge in [-0.3, -0.25) is 4.89 Å². The topological polar surface area (TPSA) is 130 Å². The molecular weight excluding hydrogens is 291 g/mol. The van der Waals surface area contributed by atoms with E-state index in [0.29, 0.717) is 0 Å². The van der Waals surface area contributed by atoms with Crippen LogP contribution in [0.4, 0.5) is 9.59 Å². The van der Waals surface area contributed by atoms with Crippen LogP contribution in [0, 0.1) is 0 Å². The van der Waals surface area contributed by atoms with Crippen LogP contribution < -0.4 is 140 Å². The molecular formula is C2H7KNa3O8P. The normalized spacial score (nSPS) is 7.53. The van der Waals surface area contributed by atoms with E-state index >= 15 is 0 Å². The zero-order chi connectivity index (χ0) is 9.07. The van der Waals surface area contributed by atoms with E-state index in [1.807, 2.05) is 0 Å². The minimum Gasteiger partial charge on any atom is -1.00 e. The van der Waals surface area contributed by atoms with Crippen molar-refractivity contribution in [1.29, 1.82) is 0 Å². The van der Waals surface area contributed by atoms with E-state index in [9.17, 15) is 14.2 Å². The molecule has 0 unspecified atom stereocenters. The molecule has 0 fully saturated rings. The van der Waals surface area contributed by atoms with Gasteiger partial charge >= 0.3 is 160 Å². The molecule has 0 aromatic carbocycles. The second kappa shape index (κ2) is 15.4. The largest absolute Gasteiger partial charge is 1.00 e. The summed E-state index contributed by atoms with van der Waals surface area (Å²) in [4.78, 5) is 27.3. The summed E-state index contributed by atoms with van der Waals surface area (Å²) < 4.78 is 16.5. The van der Waals surface area contributed by atoms with Gasteiger partial charge in [0, 0.05) is 0 Å². The Hall–Kier alpha value is 3.37. The van der Waals surface area contributed by atoms with E-state index in [1.165, 1.54) is 0 Å². The number of carboxylic acid groups (broad SMARTS) is 2. The molecule has 0 aliphatic carbocycles. The number of phosphoric acid groups is 1. The van der Waals surface area contributed by atoms with Crippen molar-refractivity contribution < 1.29 is 184 Å². The van der Waals surface area contributed by atoms with E-state index < -0.39 is 20.1 Å². The maximum Gasteiger partial charge on any atom is 1.00 e. The second-order valence-electron chi connectivity index (χ2n) is 1.18. The van der Waals surface area contributed by atoms with Crippen LogP contribution in [0.3, 0.4) is 0 Å². The van der Waals surface area contributed by atoms with E-state index in [2.05, 4.69) is 9.05 Å². The molecule has 0 bridgehead atoms. The Labute approximate surface area is 200 Å². The standard InChI is InChI=1S/C2H3O8P.K.3Na.4H/c3-1(4)9-11(7,8)10-2(5)6;;;;;;;;/h(H,3,4)(H,5,6)(H,7,8);;;;;;;;/q;4*+1;4*-1. The summed E-state index contributed by atoms with van der Waals surface area (Å²) in [5.41, 5.74) is 0. The van der Waals surface area contributed by atoms with Gasteiger partial charge in [-0.1, -0.05) is 0 Å². The molecule has 0 atom stereocenters. The fraction of sp³-hybridized carbons (Fsp3) is 0. The first-order chi connectivity index (χ1) is 4.83. The Bertz CT molecular complexity index is 228. The molecule has 0 rings (SSSR count). The van der Waals surface area contributed by atoms with E-state index in [1.54, 1.807) is 0 Å². The van der Waals surface area contributed by atoms with Crippen LogP contribution >= 0.6 is 7.82 Å². The first-order valence-corrected chi connectivity index (χ1v) is 3.51. The Morgan fingerprint density at radius 3 is 1.33 bits per heavy atom. The zero-order valence-electron chi connectivity index (χ0n) is 12.8. The third kappa shape index (κ3) is 23.0. The minimum absolute atomic E-state index is 0. The van der Waals surface area contributed by atoms with Gasteiger partial charge in [-0.15, -0.1) is 0 Å². The van der Waals surface area contributed by atoms with Gasteiger partial charge in [-0.2, -0.15) is 0 Å². The van der Waals surface area contributed by atoms with Crippen LogP contribution in [-0.2, 0) is 13.6 Å². The van der Waals surface area contributed by atoms with Crippen LogP contribution in [0.15, 0.2) is 0 Å². The molecule has 15 heavy (non-hydrogen) atoms. The van der Waals surface area contributed by atoms with E-state index in [-0.39, 0.29) is 146 Å². The molecule has 13 heteroatoms. The molecule has 0 aromatic heterocycles. The number of phosphoric ester groups is 1. The summed E-state index contributed by atoms with van der Waals surface area (Å²) in [5.74, 6) is 0. The van der Waals surface area contributed by atoms with Crippen molar-refractivity contribution in [3.05, 3.63) is 0 Å². The minimum atomic E-state index is -5.00. The van der Waals surface area contributed by atoms with Crippen molar-refractivity contribution in [2.45, 2.75) is 0 Å². The zero-order valence-corrected chi connectivity index (χ0v) is 18.8. The van der Waals surface area contributed by atoms with Crippen molar-refractivity contribution in [2.24, 2.45) is 0 Å². The molecule has 0 saturated heterocycles. The second-order valence-corrected chi connectivity index (χ2v) is 2.49. The number of rotatable bonds is 2. The van der Waals surface area contributed by atoms with Crippen molar-refractivity contribution in [1.82, 2.24) is 0 Å². The van der Waals surface area contributed by atoms with E-state index in [0.717, 1.165) is 0 Å². The smallest absolute Gasteiger partial charge is 1.00 e. The quantitative estimate of drug-likeness (QED) is 0.338. The molecule has 0 radical (unpaired) electrons. The Balaban J connectivity index is -0.0000000179. The van der Waals surface area contributed by atoms with Gasteiger partial charge in [-0.05, 0) is 0 Å². The molecule has 0 aromatic rings. The van der Waals surface area contributed by atoms with Gasteiger partial charge in [0.1, 0.15) is 0 Å². The van der Waals surface area contributed by atoms with Crippen LogP contribution in [0.2, 0.25) is 0 Å². The number of carbonyl (C=O) groups is 2. The maximum absolute atomic E-state index is 10.2. The molecule has 0 heterocycles. The van der Waals surface area contributed by atoms with Gasteiger partial charge in [-0.25, -0.2) is 14.2 Å². The van der Waals surface area contributed by atoms with Crippen LogP contribution in [0.1, 0.15) is 5.71 Å². The predicted octanol–water partition coefficient (Wildman–Crippen LogP) is -11.1. The van der Waals surface area contributed by atoms with Gasteiger partial charge in [0.25, 0.3) is 0 Å². The summed E-state index contributed by atoms with van der Waals surface area (Å²) in [6.07, 6.45) is -4.20. The monoisotopic (exact) mass is 298 g/mol. The third-order valence-electron chi connectivity index (χ3n) is 0.387. The first kappa shape index (κ1) is 31.0. The van der Waals surface area contributed by atoms with Crippen LogP contribution in [0.25, 0.3) is 0 Å². The predicted molar refractivity (Wildman–Crippen MR) is 32.5 cm³/mol. The third-order valence-corrected chi connectivity index (χ3v) is 1.16. The van der Waals surface area contributed by atoms with Crippen LogP contribution in [0.5, 0.6) is 0 Å². The molecule has 8 nitrogen and oxygen atoms in total. The molecule has 0 amide bonds. The first-order valence-electron chi connectivity index (χ1n) is 2.01. The molecule has 0 saturated carbocycles. The van der Waals surface area contributed by atoms with Crippen molar-refractivity contribution in [3.63, 3.8) is 0 Å². The summed E-state index contributed by atoms with van der Waals surface area (Å²) >= 11 is 0. The number of hydrogen-bond acceptors (Lipinski definition) is 5. The Morgan fingerprint density at radius 1 is 1.00 bits per heavy atom. The SMILES string of the molecule is O=C(O)OP(=O)(O)OC(=O)O.[H-].[H-].[H-].[H-].[K+].[Na+].[Na+].[Na+]. The Morgan fingerprint density at radius 2 is 1.20 bits per heavy atom. The average molecular weight is 298 g/mol. The van der Waals surface area contributed by atoms with Crippen LogP contribution in [-0.4, -0.2) is 27.4 Å². The van der Waals surface area contributed by atoms with Gasteiger partial charge < -0.3 is 25.0 Å². The summed E-state index contributed by atoms with van der Waals surface area (Å²) in [6.45, 7) is 0. The molecule has 0 spiro atoms. The van der Waals surface area contributed by atoms with Crippen molar-refractivity contribution in [3.8, 4) is 0 Å². The molecule has 0 aliphatic heterocycles. The summed E-state index contributed by atoms with van der Waals surface area (Å²) in [5, 5.41) is 15.5. The van der Waals surface area contributed by atoms with Gasteiger partial charge in [0.2, 0.25) is 0 Å². The van der Waals surface area contributed by atoms with Crippen molar-refractivity contribution in [2.75, 3.05) is 0 Å². The van der Waals surface area contributed by atoms with E-state index in [4.69, 9.17) is 15.1 Å². The fourth-order valence-electron chi connectivity index (χ4n) is 0.216.